The molecule has 0 spiro atoms. The van der Waals surface area contributed by atoms with Crippen molar-refractivity contribution < 1.29 is 18.4 Å². The second-order valence-corrected chi connectivity index (χ2v) is 7.39. The highest BCUT2D eigenvalue weighted by Crippen LogP contribution is 2.31. The predicted octanol–water partition coefficient (Wildman–Crippen LogP) is 11.7. The maximum Gasteiger partial charge on any atom is 0.154 e. The fourth-order valence-electron chi connectivity index (χ4n) is 1.12. The zero-order valence-corrected chi connectivity index (χ0v) is 26.1. The van der Waals surface area contributed by atoms with Crippen LogP contribution in [-0.2, 0) is 9.59 Å². The summed E-state index contributed by atoms with van der Waals surface area (Å²) in [7, 11) is 0. The summed E-state index contributed by atoms with van der Waals surface area (Å²) in [6.07, 6.45) is 8.80. The van der Waals surface area contributed by atoms with Gasteiger partial charge in [-0.05, 0) is 57.7 Å². The van der Waals surface area contributed by atoms with Gasteiger partial charge in [-0.15, -0.1) is 0 Å². The molecule has 1 saturated carbocycles. The summed E-state index contributed by atoms with van der Waals surface area (Å²) in [5, 5.41) is 0. The van der Waals surface area contributed by atoms with E-state index in [2.05, 4.69) is 40.5 Å². The number of carbonyl (C=O) groups is 2. The summed E-state index contributed by atoms with van der Waals surface area (Å²) in [5.41, 5.74) is 1.79. The Bertz CT molecular complexity index is 656. The number of Topliss-reactive ketones (excluding diaryl/α,β-unsaturated/α-hetero) is 1. The molecule has 0 heterocycles. The number of halogens is 2. The number of allylic oxidation sites excluding steroid dienone is 4. The van der Waals surface area contributed by atoms with Gasteiger partial charge in [0.15, 0.2) is 11.6 Å². The molecule has 0 N–H and O–H groups in total. The van der Waals surface area contributed by atoms with E-state index in [9.17, 15) is 18.4 Å². The van der Waals surface area contributed by atoms with E-state index >= 15 is 0 Å². The van der Waals surface area contributed by atoms with Gasteiger partial charge in [-0.25, -0.2) is 8.78 Å². The first-order valence-electron chi connectivity index (χ1n) is 13.3. The van der Waals surface area contributed by atoms with Crippen molar-refractivity contribution in [2.45, 2.75) is 109 Å². The molecule has 0 bridgehead atoms. The van der Waals surface area contributed by atoms with Crippen LogP contribution in [0.15, 0.2) is 73.4 Å². The van der Waals surface area contributed by atoms with Crippen LogP contribution in [0.25, 0.3) is 6.08 Å². The molecule has 1 aliphatic carbocycles. The molecule has 0 aliphatic heterocycles. The first-order valence-corrected chi connectivity index (χ1v) is 13.3. The molecule has 1 fully saturated rings. The number of ketones is 2. The molecule has 2 rings (SSSR count). The van der Waals surface area contributed by atoms with Gasteiger partial charge in [0.1, 0.15) is 11.7 Å². The Morgan fingerprint density at radius 1 is 0.838 bits per heavy atom. The fraction of sp³-hybridized carbons (Fsp3) is 0.515. The normalized spacial score (nSPS) is 10.2. The lowest BCUT2D eigenvalue weighted by atomic mass is 10.2. The molecule has 0 radical (unpaired) electrons. The molecule has 1 aliphatic rings. The Hall–Kier alpha value is -2.62. The van der Waals surface area contributed by atoms with Crippen molar-refractivity contribution in [2.75, 3.05) is 0 Å². The highest BCUT2D eigenvalue weighted by Gasteiger charge is 2.17. The molecule has 0 atom stereocenters. The average molecular weight is 525 g/mol. The third kappa shape index (κ3) is 65.6. The number of benzene rings is 1. The first-order chi connectivity index (χ1) is 17.3. The van der Waals surface area contributed by atoms with Crippen LogP contribution in [0.1, 0.15) is 114 Å². The molecule has 4 heteroatoms. The van der Waals surface area contributed by atoms with Crippen LogP contribution in [0.4, 0.5) is 8.78 Å². The van der Waals surface area contributed by atoms with E-state index in [0.717, 1.165) is 19.8 Å². The molecule has 0 aromatic heterocycles. The van der Waals surface area contributed by atoms with E-state index in [1.807, 2.05) is 64.1 Å². The minimum absolute atomic E-state index is 0.0185. The zero-order valence-electron chi connectivity index (χ0n) is 26.1. The zero-order chi connectivity index (χ0) is 30.8. The second kappa shape index (κ2) is 40.5. The third-order valence-corrected chi connectivity index (χ3v) is 3.67. The van der Waals surface area contributed by atoms with Gasteiger partial charge in [0.2, 0.25) is 0 Å². The number of hydrogen-bond donors (Lipinski definition) is 0. The average Bonchev–Trinajstić information content (AvgIpc) is 3.74. The molecule has 37 heavy (non-hydrogen) atoms. The highest BCUT2D eigenvalue weighted by molar-refractivity contribution is 5.91. The summed E-state index contributed by atoms with van der Waals surface area (Å²) in [5.74, 6) is -0.264. The lowest BCUT2D eigenvalue weighted by Gasteiger charge is -1.85. The molecule has 1 aromatic carbocycles. The number of rotatable bonds is 4. The van der Waals surface area contributed by atoms with Gasteiger partial charge in [-0.1, -0.05) is 130 Å². The quantitative estimate of drug-likeness (QED) is 0.367. The Morgan fingerprint density at radius 3 is 1.22 bits per heavy atom. The molecule has 2 nitrogen and oxygen atoms in total. The van der Waals surface area contributed by atoms with Crippen molar-refractivity contribution in [3.05, 3.63) is 78.9 Å². The van der Waals surface area contributed by atoms with Crippen molar-refractivity contribution in [3.8, 4) is 0 Å². The van der Waals surface area contributed by atoms with Gasteiger partial charge in [0.05, 0.1) is 0 Å². The van der Waals surface area contributed by atoms with Gasteiger partial charge in [0.25, 0.3) is 0 Å². The van der Waals surface area contributed by atoms with E-state index in [-0.39, 0.29) is 11.6 Å². The monoisotopic (exact) mass is 524 g/mol. The lowest BCUT2D eigenvalue weighted by molar-refractivity contribution is -0.114. The maximum atomic E-state index is 11.3. The van der Waals surface area contributed by atoms with Crippen LogP contribution in [-0.4, -0.2) is 11.6 Å². The molecular weight excluding hydrogens is 466 g/mol. The molecular formula is C33H58F2O2. The van der Waals surface area contributed by atoms with Crippen LogP contribution in [0.5, 0.6) is 0 Å². The van der Waals surface area contributed by atoms with E-state index < -0.39 is 11.7 Å². The summed E-state index contributed by atoms with van der Waals surface area (Å²) in [6.45, 7) is 31.6. The SMILES string of the molecule is C/C(F)=C(/C)F.C=C(C)C(C)=O.C=CC(C)=O.C=Cc1ccccc1.CC.CC.CCC.CCC1CC1. The predicted molar refractivity (Wildman–Crippen MR) is 165 cm³/mol. The van der Waals surface area contributed by atoms with Crippen molar-refractivity contribution in [2.24, 2.45) is 5.92 Å². The fourth-order valence-corrected chi connectivity index (χ4v) is 1.12. The van der Waals surface area contributed by atoms with Crippen molar-refractivity contribution in [3.63, 3.8) is 0 Å². The van der Waals surface area contributed by atoms with Gasteiger partial charge < -0.3 is 0 Å². The number of carbonyl (C=O) groups excluding carboxylic acids is 2. The molecule has 0 amide bonds. The minimum Gasteiger partial charge on any atom is -0.295 e. The van der Waals surface area contributed by atoms with E-state index in [1.165, 1.54) is 51.2 Å². The van der Waals surface area contributed by atoms with Crippen molar-refractivity contribution in [1.82, 2.24) is 0 Å². The summed E-state index contributed by atoms with van der Waals surface area (Å²) < 4.78 is 22.7. The van der Waals surface area contributed by atoms with E-state index in [0.29, 0.717) is 5.57 Å². The van der Waals surface area contributed by atoms with Crippen LogP contribution in [0.3, 0.4) is 0 Å². The van der Waals surface area contributed by atoms with Gasteiger partial charge >= 0.3 is 0 Å². The van der Waals surface area contributed by atoms with Crippen molar-refractivity contribution in [1.29, 1.82) is 0 Å². The topological polar surface area (TPSA) is 34.1 Å². The Labute approximate surface area is 229 Å². The minimum atomic E-state index is -0.741. The molecule has 216 valence electrons. The van der Waals surface area contributed by atoms with Gasteiger partial charge in [0, 0.05) is 0 Å². The molecule has 1 aromatic rings. The summed E-state index contributed by atoms with van der Waals surface area (Å²) >= 11 is 0. The summed E-state index contributed by atoms with van der Waals surface area (Å²) in [4.78, 5) is 19.7. The second-order valence-electron chi connectivity index (χ2n) is 7.39. The molecule has 0 saturated heterocycles. The standard InChI is InChI=1S/C8H8.C5H8O.C5H10.C4H6F2.C4H6O.C3H8.2C2H6/c1-2-8-6-4-3-5-7-8;1-4(2)5(3)6;1-2-5-3-4-5;1-3(5)4(2)6;1-3-4(2)5;1-3-2;2*1-2/h2-7H,1H2;1H2,2-3H3;5H,2-4H2,1H3;1-2H3;3H,1H2,2H3;3H2,1-2H3;2*1-2H3/b;;;4-3+;;;;. The van der Waals surface area contributed by atoms with Crippen LogP contribution in [0, 0.1) is 5.92 Å². The Kier molecular flexibility index (Phi) is 52.1. The Balaban J connectivity index is -0.0000000772. The third-order valence-electron chi connectivity index (χ3n) is 3.67. The van der Waals surface area contributed by atoms with E-state index in [4.69, 9.17) is 0 Å². The van der Waals surface area contributed by atoms with Gasteiger partial charge in [-0.3, -0.25) is 9.59 Å². The summed E-state index contributed by atoms with van der Waals surface area (Å²) in [6, 6.07) is 10.0. The highest BCUT2D eigenvalue weighted by atomic mass is 19.2. The van der Waals surface area contributed by atoms with Gasteiger partial charge in [-0.2, -0.15) is 0 Å². The van der Waals surface area contributed by atoms with Crippen LogP contribution >= 0.6 is 0 Å². The largest absolute Gasteiger partial charge is 0.295 e. The van der Waals surface area contributed by atoms with Crippen LogP contribution < -0.4 is 0 Å². The van der Waals surface area contributed by atoms with Crippen LogP contribution in [0.2, 0.25) is 0 Å². The molecule has 0 unspecified atom stereocenters. The number of hydrogen-bond acceptors (Lipinski definition) is 2. The lowest BCUT2D eigenvalue weighted by Crippen LogP contribution is -1.86. The Morgan fingerprint density at radius 2 is 1.14 bits per heavy atom. The first kappa shape index (κ1) is 47.6. The maximum absolute atomic E-state index is 11.3. The van der Waals surface area contributed by atoms with E-state index in [1.54, 1.807) is 6.92 Å². The smallest absolute Gasteiger partial charge is 0.154 e. The van der Waals surface area contributed by atoms with Crippen molar-refractivity contribution >= 4 is 17.6 Å².